The summed E-state index contributed by atoms with van der Waals surface area (Å²) in [4.78, 5) is 0.00168. The molecule has 0 aliphatic rings. The van der Waals surface area contributed by atoms with Crippen molar-refractivity contribution < 1.29 is 13.5 Å². The van der Waals surface area contributed by atoms with E-state index in [0.29, 0.717) is 5.56 Å². The fourth-order valence-corrected chi connectivity index (χ4v) is 2.88. The van der Waals surface area contributed by atoms with Crippen LogP contribution in [0.4, 0.5) is 0 Å². The van der Waals surface area contributed by atoms with Crippen LogP contribution in [0.3, 0.4) is 0 Å². The van der Waals surface area contributed by atoms with Gasteiger partial charge in [0.25, 0.3) is 0 Å². The predicted octanol–water partition coefficient (Wildman–Crippen LogP) is 1.57. The van der Waals surface area contributed by atoms with E-state index in [1.54, 1.807) is 24.3 Å². The molecule has 6 heteroatoms. The zero-order chi connectivity index (χ0) is 15.3. The second kappa shape index (κ2) is 6.50. The summed E-state index contributed by atoms with van der Waals surface area (Å²) < 4.78 is 26.5. The van der Waals surface area contributed by atoms with Gasteiger partial charge >= 0.3 is 0 Å². The summed E-state index contributed by atoms with van der Waals surface area (Å²) >= 11 is 0. The van der Waals surface area contributed by atoms with Gasteiger partial charge in [-0.15, -0.1) is 0 Å². The lowest BCUT2D eigenvalue weighted by Crippen LogP contribution is -2.28. The van der Waals surface area contributed by atoms with E-state index in [1.165, 1.54) is 24.3 Å². The molecule has 0 saturated carbocycles. The summed E-state index contributed by atoms with van der Waals surface area (Å²) in [6.07, 6.45) is -0.930. The maximum Gasteiger partial charge on any atom is 0.240 e. The Morgan fingerprint density at radius 2 is 1.86 bits per heavy atom. The summed E-state index contributed by atoms with van der Waals surface area (Å²) in [7, 11) is -3.76. The Hall–Kier alpha value is -2.20. The van der Waals surface area contributed by atoms with Crippen molar-refractivity contribution >= 4 is 10.0 Å². The van der Waals surface area contributed by atoms with Crippen LogP contribution in [0.25, 0.3) is 0 Å². The predicted molar refractivity (Wildman–Crippen MR) is 77.7 cm³/mol. The molecule has 1 atom stereocenters. The zero-order valence-corrected chi connectivity index (χ0v) is 11.9. The van der Waals surface area contributed by atoms with Crippen molar-refractivity contribution in [2.24, 2.45) is 0 Å². The molecular weight excluding hydrogens is 288 g/mol. The molecule has 2 rings (SSSR count). The van der Waals surface area contributed by atoms with Crippen LogP contribution in [0.2, 0.25) is 0 Å². The highest BCUT2D eigenvalue weighted by atomic mass is 32.2. The van der Waals surface area contributed by atoms with Gasteiger partial charge in [0.05, 0.1) is 22.6 Å². The zero-order valence-electron chi connectivity index (χ0n) is 11.1. The smallest absolute Gasteiger partial charge is 0.240 e. The van der Waals surface area contributed by atoms with Gasteiger partial charge in [0, 0.05) is 6.54 Å². The maximum absolute atomic E-state index is 12.1. The van der Waals surface area contributed by atoms with E-state index in [-0.39, 0.29) is 17.0 Å². The molecule has 0 amide bonds. The number of rotatable bonds is 5. The second-order valence-electron chi connectivity index (χ2n) is 4.42. The third kappa shape index (κ3) is 3.89. The summed E-state index contributed by atoms with van der Waals surface area (Å²) in [5.74, 6) is 0. The topological polar surface area (TPSA) is 90.2 Å². The highest BCUT2D eigenvalue weighted by Gasteiger charge is 2.16. The number of aliphatic hydroxyl groups is 1. The van der Waals surface area contributed by atoms with Crippen LogP contribution in [0.15, 0.2) is 59.5 Å². The van der Waals surface area contributed by atoms with Crippen LogP contribution in [0, 0.1) is 11.3 Å². The van der Waals surface area contributed by atoms with Gasteiger partial charge in [-0.1, -0.05) is 36.4 Å². The third-order valence-electron chi connectivity index (χ3n) is 2.92. The highest BCUT2D eigenvalue weighted by molar-refractivity contribution is 7.89. The number of hydrogen-bond acceptors (Lipinski definition) is 4. The number of sulfonamides is 1. The van der Waals surface area contributed by atoms with Crippen molar-refractivity contribution in [3.8, 4) is 6.07 Å². The van der Waals surface area contributed by atoms with Gasteiger partial charge < -0.3 is 5.11 Å². The molecule has 0 radical (unpaired) electrons. The average molecular weight is 302 g/mol. The molecule has 1 unspecified atom stereocenters. The molecule has 0 spiro atoms. The van der Waals surface area contributed by atoms with Crippen LogP contribution >= 0.6 is 0 Å². The van der Waals surface area contributed by atoms with Gasteiger partial charge in [0.2, 0.25) is 10.0 Å². The van der Waals surface area contributed by atoms with E-state index in [0.717, 1.165) is 0 Å². The number of hydrogen-bond donors (Lipinski definition) is 2. The Morgan fingerprint density at radius 3 is 2.52 bits per heavy atom. The average Bonchev–Trinajstić information content (AvgIpc) is 2.53. The van der Waals surface area contributed by atoms with Gasteiger partial charge in [-0.2, -0.15) is 5.26 Å². The molecule has 0 saturated heterocycles. The van der Waals surface area contributed by atoms with Gasteiger partial charge in [0.1, 0.15) is 0 Å². The normalized spacial score (nSPS) is 12.6. The van der Waals surface area contributed by atoms with Crippen molar-refractivity contribution in [2.45, 2.75) is 11.0 Å². The molecule has 2 aromatic carbocycles. The molecule has 0 aliphatic heterocycles. The van der Waals surface area contributed by atoms with Crippen molar-refractivity contribution in [1.29, 1.82) is 5.26 Å². The molecule has 0 fully saturated rings. The molecule has 5 nitrogen and oxygen atoms in total. The number of aliphatic hydroxyl groups excluding tert-OH is 1. The fourth-order valence-electron chi connectivity index (χ4n) is 1.80. The van der Waals surface area contributed by atoms with E-state index >= 15 is 0 Å². The highest BCUT2D eigenvalue weighted by Crippen LogP contribution is 2.14. The Kier molecular flexibility index (Phi) is 4.70. The van der Waals surface area contributed by atoms with Gasteiger partial charge in [-0.25, -0.2) is 13.1 Å². The van der Waals surface area contributed by atoms with Crippen LogP contribution in [-0.4, -0.2) is 20.1 Å². The molecule has 2 aromatic rings. The van der Waals surface area contributed by atoms with Crippen molar-refractivity contribution in [3.63, 3.8) is 0 Å². The lowest BCUT2D eigenvalue weighted by Gasteiger charge is -2.12. The molecule has 0 aromatic heterocycles. The van der Waals surface area contributed by atoms with Gasteiger partial charge in [-0.3, -0.25) is 0 Å². The first-order valence-corrected chi connectivity index (χ1v) is 7.74. The summed E-state index contributed by atoms with van der Waals surface area (Å²) in [6, 6.07) is 16.4. The summed E-state index contributed by atoms with van der Waals surface area (Å²) in [5, 5.41) is 18.7. The lowest BCUT2D eigenvalue weighted by molar-refractivity contribution is 0.182. The third-order valence-corrected chi connectivity index (χ3v) is 4.35. The van der Waals surface area contributed by atoms with Crippen LogP contribution < -0.4 is 4.72 Å². The Labute approximate surface area is 123 Å². The summed E-state index contributed by atoms with van der Waals surface area (Å²) in [6.45, 7) is -0.136. The SMILES string of the molecule is N#Cc1cccc(S(=O)(=O)NCC(O)c2ccccc2)c1. The van der Waals surface area contributed by atoms with E-state index in [4.69, 9.17) is 5.26 Å². The number of benzene rings is 2. The molecule has 108 valence electrons. The van der Waals surface area contributed by atoms with Crippen molar-refractivity contribution in [2.75, 3.05) is 6.54 Å². The fraction of sp³-hybridized carbons (Fsp3) is 0.133. The van der Waals surface area contributed by atoms with Crippen molar-refractivity contribution in [3.05, 3.63) is 65.7 Å². The van der Waals surface area contributed by atoms with E-state index in [2.05, 4.69) is 4.72 Å². The minimum atomic E-state index is -3.76. The van der Waals surface area contributed by atoms with Crippen LogP contribution in [-0.2, 0) is 10.0 Å². The first-order valence-electron chi connectivity index (χ1n) is 6.26. The largest absolute Gasteiger partial charge is 0.387 e. The lowest BCUT2D eigenvalue weighted by atomic mass is 10.1. The standard InChI is InChI=1S/C15H14N2O3S/c16-10-12-5-4-8-14(9-12)21(19,20)17-11-15(18)13-6-2-1-3-7-13/h1-9,15,17-18H,11H2. The van der Waals surface area contributed by atoms with Gasteiger partial charge in [0.15, 0.2) is 0 Å². The molecule has 21 heavy (non-hydrogen) atoms. The van der Waals surface area contributed by atoms with E-state index in [1.807, 2.05) is 12.1 Å². The van der Waals surface area contributed by atoms with Crippen LogP contribution in [0.1, 0.15) is 17.2 Å². The Bertz CT molecular complexity index is 752. The number of nitrogens with one attached hydrogen (secondary N) is 1. The molecule has 0 bridgehead atoms. The maximum atomic E-state index is 12.1. The quantitative estimate of drug-likeness (QED) is 0.877. The van der Waals surface area contributed by atoms with E-state index in [9.17, 15) is 13.5 Å². The van der Waals surface area contributed by atoms with Gasteiger partial charge in [-0.05, 0) is 23.8 Å². The molecule has 0 aliphatic carbocycles. The summed E-state index contributed by atoms with van der Waals surface area (Å²) in [5.41, 5.74) is 0.896. The Balaban J connectivity index is 2.10. The van der Waals surface area contributed by atoms with E-state index < -0.39 is 16.1 Å². The molecule has 0 heterocycles. The van der Waals surface area contributed by atoms with Crippen LogP contribution in [0.5, 0.6) is 0 Å². The molecule has 2 N–H and O–H groups in total. The molecular formula is C15H14N2O3S. The minimum Gasteiger partial charge on any atom is -0.387 e. The first kappa shape index (κ1) is 15.2. The Morgan fingerprint density at radius 1 is 1.14 bits per heavy atom. The number of nitrogens with zero attached hydrogens (tertiary/aromatic N) is 1. The second-order valence-corrected chi connectivity index (χ2v) is 6.18. The first-order chi connectivity index (χ1) is 10.0. The van der Waals surface area contributed by atoms with Crippen molar-refractivity contribution in [1.82, 2.24) is 4.72 Å². The number of nitriles is 1. The minimum absolute atomic E-state index is 0.00168. The monoisotopic (exact) mass is 302 g/mol.